The number of aromatic nitrogens is 2. The number of halogens is 2. The van der Waals surface area contributed by atoms with Crippen LogP contribution >= 0.6 is 23.2 Å². The van der Waals surface area contributed by atoms with Crippen LogP contribution in [0.2, 0.25) is 10.0 Å². The highest BCUT2D eigenvalue weighted by molar-refractivity contribution is 6.42. The van der Waals surface area contributed by atoms with Gasteiger partial charge in [-0.05, 0) is 30.3 Å². The van der Waals surface area contributed by atoms with Crippen LogP contribution in [0.4, 0.5) is 0 Å². The summed E-state index contributed by atoms with van der Waals surface area (Å²) in [6, 6.07) is 8.23. The minimum Gasteiger partial charge on any atom is -0.478 e. The second-order valence-corrected chi connectivity index (χ2v) is 5.03. The summed E-state index contributed by atoms with van der Waals surface area (Å²) in [6.45, 7) is 0. The van der Waals surface area contributed by atoms with Crippen molar-refractivity contribution in [1.29, 1.82) is 0 Å². The number of benzene rings is 1. The van der Waals surface area contributed by atoms with Gasteiger partial charge in [-0.25, -0.2) is 9.48 Å². The summed E-state index contributed by atoms with van der Waals surface area (Å²) in [7, 11) is 0. The van der Waals surface area contributed by atoms with E-state index >= 15 is 0 Å². The molecule has 0 atom stereocenters. The van der Waals surface area contributed by atoms with E-state index in [2.05, 4.69) is 5.10 Å². The van der Waals surface area contributed by atoms with Gasteiger partial charge in [-0.1, -0.05) is 23.2 Å². The Balaban J connectivity index is 2.14. The number of aromatic carboxylic acids is 1. The molecule has 0 saturated carbocycles. The quantitative estimate of drug-likeness (QED) is 0.786. The van der Waals surface area contributed by atoms with Gasteiger partial charge in [-0.15, -0.1) is 0 Å². The third-order valence-corrected chi connectivity index (χ3v) is 3.61. The normalized spacial score (nSPS) is 10.8. The summed E-state index contributed by atoms with van der Waals surface area (Å²) in [5.41, 5.74) is 0.888. The molecule has 0 aliphatic rings. The van der Waals surface area contributed by atoms with Crippen molar-refractivity contribution in [1.82, 2.24) is 9.78 Å². The van der Waals surface area contributed by atoms with Crippen LogP contribution in [-0.4, -0.2) is 20.9 Å². The van der Waals surface area contributed by atoms with Crippen molar-refractivity contribution in [2.75, 3.05) is 0 Å². The van der Waals surface area contributed by atoms with Gasteiger partial charge in [0.1, 0.15) is 11.3 Å². The third-order valence-electron chi connectivity index (χ3n) is 2.87. The van der Waals surface area contributed by atoms with Gasteiger partial charge in [0.05, 0.1) is 22.0 Å². The largest absolute Gasteiger partial charge is 0.478 e. The molecule has 0 amide bonds. The summed E-state index contributed by atoms with van der Waals surface area (Å²) in [5.74, 6) is -0.709. The van der Waals surface area contributed by atoms with Crippen LogP contribution in [0.3, 0.4) is 0 Å². The average molecular weight is 323 g/mol. The van der Waals surface area contributed by atoms with Crippen LogP contribution in [0.25, 0.3) is 17.1 Å². The maximum Gasteiger partial charge on any atom is 0.339 e. The van der Waals surface area contributed by atoms with Crippen molar-refractivity contribution in [3.63, 3.8) is 0 Å². The number of carboxylic acids is 1. The van der Waals surface area contributed by atoms with Crippen molar-refractivity contribution in [3.8, 4) is 17.1 Å². The standard InChI is InChI=1S/C14H8Cl2N2O3/c15-10-4-3-8(6-11(10)16)18-7-9(14(19)20)13(17-18)12-2-1-5-21-12/h1-7H,(H,19,20). The van der Waals surface area contributed by atoms with Gasteiger partial charge in [0.25, 0.3) is 0 Å². The van der Waals surface area contributed by atoms with Crippen LogP contribution in [0.1, 0.15) is 10.4 Å². The van der Waals surface area contributed by atoms with E-state index in [-0.39, 0.29) is 11.3 Å². The lowest BCUT2D eigenvalue weighted by atomic mass is 10.2. The zero-order chi connectivity index (χ0) is 15.0. The van der Waals surface area contributed by atoms with Crippen LogP contribution in [0.5, 0.6) is 0 Å². The fraction of sp³-hybridized carbons (Fsp3) is 0. The Morgan fingerprint density at radius 1 is 1.24 bits per heavy atom. The van der Waals surface area contributed by atoms with Crippen molar-refractivity contribution in [2.24, 2.45) is 0 Å². The summed E-state index contributed by atoms with van der Waals surface area (Å²) in [6.07, 6.45) is 2.86. The Bertz CT molecular complexity index is 810. The van der Waals surface area contributed by atoms with Gasteiger partial charge in [-0.3, -0.25) is 0 Å². The molecule has 0 aliphatic carbocycles. The fourth-order valence-corrected chi connectivity index (χ4v) is 2.18. The second-order valence-electron chi connectivity index (χ2n) is 4.22. The molecule has 0 saturated heterocycles. The number of carbonyl (C=O) groups is 1. The van der Waals surface area contributed by atoms with E-state index < -0.39 is 5.97 Å². The molecule has 3 aromatic rings. The molecule has 0 unspecified atom stereocenters. The van der Waals surface area contributed by atoms with E-state index in [1.165, 1.54) is 17.1 Å². The van der Waals surface area contributed by atoms with Gasteiger partial charge in [0.2, 0.25) is 0 Å². The summed E-state index contributed by atoms with van der Waals surface area (Å²) < 4.78 is 6.64. The van der Waals surface area contributed by atoms with Crippen LogP contribution < -0.4 is 0 Å². The molecule has 1 N–H and O–H groups in total. The molecule has 0 aliphatic heterocycles. The Hall–Kier alpha value is -2.24. The Morgan fingerprint density at radius 2 is 2.05 bits per heavy atom. The van der Waals surface area contributed by atoms with Crippen molar-refractivity contribution < 1.29 is 14.3 Å². The number of hydrogen-bond acceptors (Lipinski definition) is 3. The van der Waals surface area contributed by atoms with Crippen LogP contribution in [0, 0.1) is 0 Å². The number of furan rings is 1. The first-order chi connectivity index (χ1) is 10.1. The number of carboxylic acid groups (broad SMARTS) is 1. The van der Waals surface area contributed by atoms with E-state index in [9.17, 15) is 9.90 Å². The SMILES string of the molecule is O=C(O)c1cn(-c2ccc(Cl)c(Cl)c2)nc1-c1ccco1. The fourth-order valence-electron chi connectivity index (χ4n) is 1.89. The molecule has 7 heteroatoms. The minimum atomic E-state index is -1.09. The molecule has 0 radical (unpaired) electrons. The van der Waals surface area contributed by atoms with Crippen LogP contribution in [-0.2, 0) is 0 Å². The molecular formula is C14H8Cl2N2O3. The van der Waals surface area contributed by atoms with Crippen molar-refractivity contribution >= 4 is 29.2 Å². The van der Waals surface area contributed by atoms with Crippen LogP contribution in [0.15, 0.2) is 47.2 Å². The minimum absolute atomic E-state index is 0.0380. The molecule has 2 aromatic heterocycles. The smallest absolute Gasteiger partial charge is 0.339 e. The second kappa shape index (κ2) is 5.27. The predicted molar refractivity (Wildman–Crippen MR) is 78.2 cm³/mol. The zero-order valence-electron chi connectivity index (χ0n) is 10.5. The number of hydrogen-bond donors (Lipinski definition) is 1. The lowest BCUT2D eigenvalue weighted by Crippen LogP contribution is -1.96. The first-order valence-corrected chi connectivity index (χ1v) is 6.64. The highest BCUT2D eigenvalue weighted by Gasteiger charge is 2.19. The monoisotopic (exact) mass is 322 g/mol. The van der Waals surface area contributed by atoms with Gasteiger partial charge in [0.15, 0.2) is 5.76 Å². The molecule has 5 nitrogen and oxygen atoms in total. The Kier molecular flexibility index (Phi) is 3.45. The first kappa shape index (κ1) is 13.7. The predicted octanol–water partition coefficient (Wildman–Crippen LogP) is 4.14. The van der Waals surface area contributed by atoms with Crippen molar-refractivity contribution in [2.45, 2.75) is 0 Å². The zero-order valence-corrected chi connectivity index (χ0v) is 12.0. The summed E-state index contributed by atoms with van der Waals surface area (Å²) in [4.78, 5) is 11.3. The van der Waals surface area contributed by atoms with Gasteiger partial charge >= 0.3 is 5.97 Å². The van der Waals surface area contributed by atoms with Gasteiger partial charge in [0, 0.05) is 6.20 Å². The van der Waals surface area contributed by atoms with E-state index in [1.807, 2.05) is 0 Å². The van der Waals surface area contributed by atoms with E-state index in [0.717, 1.165) is 0 Å². The summed E-state index contributed by atoms with van der Waals surface area (Å²) in [5, 5.41) is 14.3. The number of nitrogens with zero attached hydrogens (tertiary/aromatic N) is 2. The third kappa shape index (κ3) is 2.53. The topological polar surface area (TPSA) is 68.3 Å². The number of rotatable bonds is 3. The van der Waals surface area contributed by atoms with Crippen molar-refractivity contribution in [3.05, 3.63) is 58.4 Å². The maximum absolute atomic E-state index is 11.3. The van der Waals surface area contributed by atoms with Gasteiger partial charge < -0.3 is 9.52 Å². The Labute approximate surface area is 129 Å². The highest BCUT2D eigenvalue weighted by atomic mass is 35.5. The summed E-state index contributed by atoms with van der Waals surface area (Å²) >= 11 is 11.8. The lowest BCUT2D eigenvalue weighted by Gasteiger charge is -2.02. The Morgan fingerprint density at radius 3 is 2.67 bits per heavy atom. The molecule has 0 fully saturated rings. The molecule has 2 heterocycles. The highest BCUT2D eigenvalue weighted by Crippen LogP contribution is 2.27. The molecule has 106 valence electrons. The molecule has 21 heavy (non-hydrogen) atoms. The molecular weight excluding hydrogens is 315 g/mol. The first-order valence-electron chi connectivity index (χ1n) is 5.88. The molecule has 0 spiro atoms. The van der Waals surface area contributed by atoms with E-state index in [1.54, 1.807) is 30.3 Å². The molecule has 1 aromatic carbocycles. The van der Waals surface area contributed by atoms with E-state index in [4.69, 9.17) is 27.6 Å². The average Bonchev–Trinajstić information content (AvgIpc) is 3.09. The molecule has 3 rings (SSSR count). The van der Waals surface area contributed by atoms with E-state index in [0.29, 0.717) is 21.5 Å². The maximum atomic E-state index is 11.3. The molecule has 0 bridgehead atoms. The lowest BCUT2D eigenvalue weighted by molar-refractivity contribution is 0.0697. The van der Waals surface area contributed by atoms with Gasteiger partial charge in [-0.2, -0.15) is 5.10 Å².